The van der Waals surface area contributed by atoms with Crippen molar-refractivity contribution < 1.29 is 14.3 Å². The second kappa shape index (κ2) is 8.07. The van der Waals surface area contributed by atoms with E-state index in [9.17, 15) is 4.79 Å². The third-order valence-corrected chi connectivity index (χ3v) is 5.87. The van der Waals surface area contributed by atoms with Crippen LogP contribution in [0.2, 0.25) is 0 Å². The lowest BCUT2D eigenvalue weighted by atomic mass is 9.93. The van der Waals surface area contributed by atoms with Crippen molar-refractivity contribution in [2.24, 2.45) is 0 Å². The summed E-state index contributed by atoms with van der Waals surface area (Å²) in [4.78, 5) is 20.5. The number of benzene rings is 2. The molecule has 5 rings (SSSR count). The SMILES string of the molecule is CCOc1ccccc1[C@H]1C(C(=O)N2CCOCC2)=C(C)Nc2nc3ccccc3n21. The molecule has 0 saturated carbocycles. The summed E-state index contributed by atoms with van der Waals surface area (Å²) in [6.07, 6.45) is 0. The molecule has 1 fully saturated rings. The van der Waals surface area contributed by atoms with Crippen molar-refractivity contribution in [1.82, 2.24) is 14.5 Å². The Morgan fingerprint density at radius 3 is 2.71 bits per heavy atom. The van der Waals surface area contributed by atoms with Crippen molar-refractivity contribution in [3.8, 4) is 5.75 Å². The fourth-order valence-corrected chi connectivity index (χ4v) is 4.47. The molecule has 0 aliphatic carbocycles. The topological polar surface area (TPSA) is 68.6 Å². The number of nitrogens with one attached hydrogen (secondary N) is 1. The summed E-state index contributed by atoms with van der Waals surface area (Å²) in [7, 11) is 0. The van der Waals surface area contributed by atoms with Crippen molar-refractivity contribution in [2.75, 3.05) is 38.2 Å². The highest BCUT2D eigenvalue weighted by Crippen LogP contribution is 2.42. The fraction of sp³-hybridized carbons (Fsp3) is 0.333. The number of carbonyl (C=O) groups excluding carboxylic acids is 1. The molecule has 0 bridgehead atoms. The van der Waals surface area contributed by atoms with Gasteiger partial charge < -0.3 is 19.7 Å². The largest absolute Gasteiger partial charge is 0.494 e. The Morgan fingerprint density at radius 1 is 1.16 bits per heavy atom. The molecule has 160 valence electrons. The molecule has 1 N–H and O–H groups in total. The van der Waals surface area contributed by atoms with Crippen LogP contribution in [-0.4, -0.2) is 53.3 Å². The maximum Gasteiger partial charge on any atom is 0.254 e. The van der Waals surface area contributed by atoms with Crippen LogP contribution < -0.4 is 10.1 Å². The van der Waals surface area contributed by atoms with E-state index in [0.29, 0.717) is 38.5 Å². The number of amides is 1. The standard InChI is InChI=1S/C24H26N4O3/c1-3-31-20-11-7-4-8-17(20)22-21(23(29)27-12-14-30-15-13-27)16(2)25-24-26-18-9-5-6-10-19(18)28(22)24/h4-11,22H,3,12-15H2,1-2H3,(H,25,26)/t22-/m0/s1. The van der Waals surface area contributed by atoms with Gasteiger partial charge in [-0.25, -0.2) is 4.98 Å². The van der Waals surface area contributed by atoms with E-state index in [4.69, 9.17) is 14.5 Å². The highest BCUT2D eigenvalue weighted by Gasteiger charge is 2.37. The molecule has 31 heavy (non-hydrogen) atoms. The number of nitrogens with zero attached hydrogens (tertiary/aromatic N) is 3. The van der Waals surface area contributed by atoms with E-state index >= 15 is 0 Å². The van der Waals surface area contributed by atoms with Gasteiger partial charge in [0.25, 0.3) is 5.91 Å². The Hall–Kier alpha value is -3.32. The van der Waals surface area contributed by atoms with Crippen LogP contribution in [0, 0.1) is 0 Å². The quantitative estimate of drug-likeness (QED) is 0.701. The first kappa shape index (κ1) is 19.6. The van der Waals surface area contributed by atoms with Crippen LogP contribution in [0.15, 0.2) is 59.8 Å². The van der Waals surface area contributed by atoms with E-state index in [1.54, 1.807) is 0 Å². The van der Waals surface area contributed by atoms with Gasteiger partial charge in [-0.15, -0.1) is 0 Å². The first-order chi connectivity index (χ1) is 15.2. The molecule has 3 aromatic rings. The van der Waals surface area contributed by atoms with Crippen LogP contribution in [-0.2, 0) is 9.53 Å². The van der Waals surface area contributed by atoms with E-state index in [1.807, 2.05) is 67.3 Å². The highest BCUT2D eigenvalue weighted by atomic mass is 16.5. The number of ether oxygens (including phenoxy) is 2. The first-order valence-electron chi connectivity index (χ1n) is 10.7. The van der Waals surface area contributed by atoms with Crippen molar-refractivity contribution in [1.29, 1.82) is 0 Å². The third kappa shape index (κ3) is 3.35. The molecule has 7 nitrogen and oxygen atoms in total. The lowest BCUT2D eigenvalue weighted by molar-refractivity contribution is -0.131. The minimum Gasteiger partial charge on any atom is -0.494 e. The highest BCUT2D eigenvalue weighted by molar-refractivity contribution is 5.98. The Morgan fingerprint density at radius 2 is 1.90 bits per heavy atom. The van der Waals surface area contributed by atoms with Crippen molar-refractivity contribution >= 4 is 22.9 Å². The molecule has 0 unspecified atom stereocenters. The van der Waals surface area contributed by atoms with Crippen LogP contribution in [0.4, 0.5) is 5.95 Å². The average Bonchev–Trinajstić information content (AvgIpc) is 3.17. The van der Waals surface area contributed by atoms with Gasteiger partial charge in [0, 0.05) is 24.4 Å². The lowest BCUT2D eigenvalue weighted by Gasteiger charge is -2.35. The molecule has 1 atom stereocenters. The van der Waals surface area contributed by atoms with E-state index in [0.717, 1.165) is 34.0 Å². The maximum absolute atomic E-state index is 13.8. The lowest BCUT2D eigenvalue weighted by Crippen LogP contribution is -2.44. The van der Waals surface area contributed by atoms with E-state index in [1.165, 1.54) is 0 Å². The number of aromatic nitrogens is 2. The molecular weight excluding hydrogens is 392 g/mol. The van der Waals surface area contributed by atoms with Crippen LogP contribution in [0.3, 0.4) is 0 Å². The van der Waals surface area contributed by atoms with Gasteiger partial charge >= 0.3 is 0 Å². The molecule has 3 heterocycles. The molecule has 2 aromatic carbocycles. The van der Waals surface area contributed by atoms with Gasteiger partial charge in [-0.2, -0.15) is 0 Å². The third-order valence-electron chi connectivity index (χ3n) is 5.87. The molecule has 1 aromatic heterocycles. The molecule has 1 amide bonds. The van der Waals surface area contributed by atoms with E-state index in [-0.39, 0.29) is 11.9 Å². The Kier molecular flexibility index (Phi) is 5.11. The molecule has 7 heteroatoms. The van der Waals surface area contributed by atoms with Crippen LogP contribution in [0.25, 0.3) is 11.0 Å². The zero-order chi connectivity index (χ0) is 21.4. The second-order valence-electron chi connectivity index (χ2n) is 7.74. The molecule has 0 radical (unpaired) electrons. The molecule has 2 aliphatic heterocycles. The number of rotatable bonds is 4. The number of para-hydroxylation sites is 3. The maximum atomic E-state index is 13.8. The summed E-state index contributed by atoms with van der Waals surface area (Å²) in [5, 5.41) is 3.38. The zero-order valence-corrected chi connectivity index (χ0v) is 17.8. The smallest absolute Gasteiger partial charge is 0.254 e. The van der Waals surface area contributed by atoms with Crippen molar-refractivity contribution in [3.05, 3.63) is 65.4 Å². The molecule has 2 aliphatic rings. The number of allylic oxidation sites excluding steroid dienone is 1. The number of hydrogen-bond acceptors (Lipinski definition) is 5. The van der Waals surface area contributed by atoms with Gasteiger partial charge in [0.2, 0.25) is 5.95 Å². The minimum atomic E-state index is -0.346. The number of imidazole rings is 1. The zero-order valence-electron chi connectivity index (χ0n) is 17.8. The number of fused-ring (bicyclic) bond motifs is 3. The van der Waals surface area contributed by atoms with E-state index in [2.05, 4.69) is 9.88 Å². The Labute approximate surface area is 181 Å². The molecule has 0 spiro atoms. The van der Waals surface area contributed by atoms with E-state index < -0.39 is 0 Å². The van der Waals surface area contributed by atoms with Crippen LogP contribution in [0.5, 0.6) is 5.75 Å². The first-order valence-corrected chi connectivity index (χ1v) is 10.7. The second-order valence-corrected chi connectivity index (χ2v) is 7.74. The Bertz CT molecular complexity index is 1160. The monoisotopic (exact) mass is 418 g/mol. The number of anilines is 1. The summed E-state index contributed by atoms with van der Waals surface area (Å²) < 4.78 is 13.6. The molecule has 1 saturated heterocycles. The van der Waals surface area contributed by atoms with Crippen molar-refractivity contribution in [3.63, 3.8) is 0 Å². The van der Waals surface area contributed by atoms with Crippen molar-refractivity contribution in [2.45, 2.75) is 19.9 Å². The van der Waals surface area contributed by atoms with Gasteiger partial charge in [-0.3, -0.25) is 9.36 Å². The van der Waals surface area contributed by atoms with Gasteiger partial charge in [0.15, 0.2) is 0 Å². The predicted molar refractivity (Wildman–Crippen MR) is 119 cm³/mol. The van der Waals surface area contributed by atoms with Gasteiger partial charge in [0.1, 0.15) is 5.75 Å². The van der Waals surface area contributed by atoms with Gasteiger partial charge in [-0.1, -0.05) is 30.3 Å². The predicted octanol–water partition coefficient (Wildman–Crippen LogP) is 3.58. The van der Waals surface area contributed by atoms with Gasteiger partial charge in [-0.05, 0) is 32.0 Å². The van der Waals surface area contributed by atoms with Crippen LogP contribution in [0.1, 0.15) is 25.5 Å². The summed E-state index contributed by atoms with van der Waals surface area (Å²) in [5.74, 6) is 1.53. The normalized spacial score (nSPS) is 18.6. The number of carbonyl (C=O) groups is 1. The number of morpholine rings is 1. The summed E-state index contributed by atoms with van der Waals surface area (Å²) in [6.45, 7) is 6.77. The summed E-state index contributed by atoms with van der Waals surface area (Å²) in [6, 6.07) is 15.6. The molecular formula is C24H26N4O3. The Balaban J connectivity index is 1.72. The summed E-state index contributed by atoms with van der Waals surface area (Å²) >= 11 is 0. The summed E-state index contributed by atoms with van der Waals surface area (Å²) in [5.41, 5.74) is 4.34. The van der Waals surface area contributed by atoms with Crippen LogP contribution >= 0.6 is 0 Å². The average molecular weight is 418 g/mol. The fourth-order valence-electron chi connectivity index (χ4n) is 4.47. The number of hydrogen-bond donors (Lipinski definition) is 1. The minimum absolute atomic E-state index is 0.0213. The van der Waals surface area contributed by atoms with Gasteiger partial charge in [0.05, 0.1) is 42.5 Å².